The molecule has 2 heterocycles. The van der Waals surface area contributed by atoms with Crippen LogP contribution < -0.4 is 4.74 Å². The highest BCUT2D eigenvalue weighted by molar-refractivity contribution is 5.83. The number of hydrogen-bond acceptors (Lipinski definition) is 4. The van der Waals surface area contributed by atoms with Crippen LogP contribution in [0.5, 0.6) is 5.75 Å². The van der Waals surface area contributed by atoms with Crippen LogP contribution in [0.3, 0.4) is 0 Å². The van der Waals surface area contributed by atoms with Crippen LogP contribution in [0.15, 0.2) is 18.2 Å². The first kappa shape index (κ1) is 16.4. The maximum atomic E-state index is 13.5. The van der Waals surface area contributed by atoms with Crippen molar-refractivity contribution in [3.8, 4) is 11.8 Å². The Balaban J connectivity index is 1.65. The zero-order valence-electron chi connectivity index (χ0n) is 14.7. The molecule has 1 atom stereocenters. The molecular formula is C20H24N2O3. The number of amides is 1. The van der Waals surface area contributed by atoms with Crippen LogP contribution in [0.4, 0.5) is 0 Å². The van der Waals surface area contributed by atoms with Gasteiger partial charge < -0.3 is 14.4 Å². The second-order valence-electron chi connectivity index (χ2n) is 7.76. The van der Waals surface area contributed by atoms with Crippen molar-refractivity contribution in [3.05, 3.63) is 29.3 Å². The Labute approximate surface area is 148 Å². The summed E-state index contributed by atoms with van der Waals surface area (Å²) in [6.07, 6.45) is 3.89. The molecule has 0 unspecified atom stereocenters. The molecule has 1 aliphatic carbocycles. The highest BCUT2D eigenvalue weighted by Crippen LogP contribution is 2.42. The van der Waals surface area contributed by atoms with Crippen molar-refractivity contribution in [2.45, 2.75) is 45.2 Å². The standard InChI is InChI=1S/C20H24N2O3/c1-20(6-8-24-9-7-20)19(23)22-12-16-3-2-14(11-21)10-18(16)25-13-17(22)15-4-5-15/h2-3,10,15,17H,4-9,12-13H2,1H3/t17-/m1/s1. The largest absolute Gasteiger partial charge is 0.491 e. The Hall–Kier alpha value is -2.06. The van der Waals surface area contributed by atoms with Crippen LogP contribution in [0.2, 0.25) is 0 Å². The normalized spacial score (nSPS) is 25.3. The monoisotopic (exact) mass is 340 g/mol. The van der Waals surface area contributed by atoms with Gasteiger partial charge in [-0.2, -0.15) is 5.26 Å². The Kier molecular flexibility index (Phi) is 4.16. The van der Waals surface area contributed by atoms with E-state index in [0.29, 0.717) is 37.8 Å². The van der Waals surface area contributed by atoms with Crippen LogP contribution in [-0.2, 0) is 16.1 Å². The topological polar surface area (TPSA) is 62.6 Å². The van der Waals surface area contributed by atoms with Gasteiger partial charge in [0.25, 0.3) is 0 Å². The van der Waals surface area contributed by atoms with Crippen molar-refractivity contribution in [2.75, 3.05) is 19.8 Å². The van der Waals surface area contributed by atoms with E-state index in [-0.39, 0.29) is 17.4 Å². The highest BCUT2D eigenvalue weighted by Gasteiger charge is 2.45. The van der Waals surface area contributed by atoms with Crippen LogP contribution in [-0.4, -0.2) is 36.7 Å². The maximum absolute atomic E-state index is 13.5. The lowest BCUT2D eigenvalue weighted by Gasteiger charge is -2.39. The molecule has 1 saturated heterocycles. The molecular weight excluding hydrogens is 316 g/mol. The molecule has 5 heteroatoms. The van der Waals surface area contributed by atoms with Crippen LogP contribution in [0, 0.1) is 22.7 Å². The van der Waals surface area contributed by atoms with Crippen LogP contribution in [0.25, 0.3) is 0 Å². The zero-order valence-corrected chi connectivity index (χ0v) is 14.7. The van der Waals surface area contributed by atoms with Gasteiger partial charge in [0.2, 0.25) is 5.91 Å². The van der Waals surface area contributed by atoms with Gasteiger partial charge in [-0.15, -0.1) is 0 Å². The minimum atomic E-state index is -0.345. The van der Waals surface area contributed by atoms with Gasteiger partial charge in [-0.25, -0.2) is 0 Å². The summed E-state index contributed by atoms with van der Waals surface area (Å²) in [7, 11) is 0. The van der Waals surface area contributed by atoms with E-state index in [9.17, 15) is 4.79 Å². The van der Waals surface area contributed by atoms with Gasteiger partial charge in [-0.1, -0.05) is 13.0 Å². The molecule has 0 bridgehead atoms. The average molecular weight is 340 g/mol. The number of fused-ring (bicyclic) bond motifs is 1. The molecule has 132 valence electrons. The van der Waals surface area contributed by atoms with Crippen molar-refractivity contribution >= 4 is 5.91 Å². The molecule has 25 heavy (non-hydrogen) atoms. The Morgan fingerprint density at radius 2 is 2.08 bits per heavy atom. The third-order valence-corrected chi connectivity index (χ3v) is 5.89. The van der Waals surface area contributed by atoms with Gasteiger partial charge in [-0.3, -0.25) is 4.79 Å². The van der Waals surface area contributed by atoms with E-state index in [2.05, 4.69) is 17.9 Å². The summed E-state index contributed by atoms with van der Waals surface area (Å²) >= 11 is 0. The molecule has 1 aromatic carbocycles. The number of hydrogen-bond donors (Lipinski definition) is 0. The lowest BCUT2D eigenvalue weighted by Crippen LogP contribution is -2.51. The van der Waals surface area contributed by atoms with E-state index in [0.717, 1.165) is 37.0 Å². The SMILES string of the molecule is CC1(C(=O)N2Cc3ccc(C#N)cc3OC[C@@H]2C2CC2)CCOCC1. The third-order valence-electron chi connectivity index (χ3n) is 5.89. The smallest absolute Gasteiger partial charge is 0.229 e. The maximum Gasteiger partial charge on any atom is 0.229 e. The summed E-state index contributed by atoms with van der Waals surface area (Å²) in [5.74, 6) is 1.52. The predicted molar refractivity (Wildman–Crippen MR) is 91.9 cm³/mol. The van der Waals surface area contributed by atoms with Gasteiger partial charge in [0.05, 0.1) is 23.1 Å². The van der Waals surface area contributed by atoms with E-state index in [4.69, 9.17) is 14.7 Å². The first-order valence-electron chi connectivity index (χ1n) is 9.15. The van der Waals surface area contributed by atoms with Crippen molar-refractivity contribution in [2.24, 2.45) is 11.3 Å². The quantitative estimate of drug-likeness (QED) is 0.830. The number of nitriles is 1. The average Bonchev–Trinajstić information content (AvgIpc) is 3.47. The molecule has 4 rings (SSSR count). The summed E-state index contributed by atoms with van der Waals surface area (Å²) in [4.78, 5) is 15.5. The fourth-order valence-corrected chi connectivity index (χ4v) is 3.93. The fourth-order valence-electron chi connectivity index (χ4n) is 3.93. The van der Waals surface area contributed by atoms with Crippen molar-refractivity contribution < 1.29 is 14.3 Å². The van der Waals surface area contributed by atoms with E-state index < -0.39 is 0 Å². The number of benzene rings is 1. The molecule has 0 N–H and O–H groups in total. The lowest BCUT2D eigenvalue weighted by atomic mass is 9.80. The molecule has 2 fully saturated rings. The van der Waals surface area contributed by atoms with Crippen molar-refractivity contribution in [1.29, 1.82) is 5.26 Å². The highest BCUT2D eigenvalue weighted by atomic mass is 16.5. The molecule has 3 aliphatic rings. The molecule has 0 spiro atoms. The lowest BCUT2D eigenvalue weighted by molar-refractivity contribution is -0.150. The molecule has 1 aromatic rings. The molecule has 0 aromatic heterocycles. The molecule has 1 saturated carbocycles. The number of ether oxygens (including phenoxy) is 2. The van der Waals surface area contributed by atoms with E-state index in [1.807, 2.05) is 6.07 Å². The van der Waals surface area contributed by atoms with Gasteiger partial charge >= 0.3 is 0 Å². The Morgan fingerprint density at radius 1 is 1.32 bits per heavy atom. The Bertz CT molecular complexity index is 714. The van der Waals surface area contributed by atoms with Crippen LogP contribution >= 0.6 is 0 Å². The fraction of sp³-hybridized carbons (Fsp3) is 0.600. The molecule has 2 aliphatic heterocycles. The number of rotatable bonds is 2. The summed E-state index contributed by atoms with van der Waals surface area (Å²) in [6.45, 7) is 4.47. The zero-order chi connectivity index (χ0) is 17.4. The van der Waals surface area contributed by atoms with Crippen LogP contribution in [0.1, 0.15) is 43.7 Å². The summed E-state index contributed by atoms with van der Waals surface area (Å²) in [5, 5.41) is 9.12. The summed E-state index contributed by atoms with van der Waals surface area (Å²) in [6, 6.07) is 7.82. The molecule has 5 nitrogen and oxygen atoms in total. The second kappa shape index (κ2) is 6.34. The minimum Gasteiger partial charge on any atom is -0.491 e. The minimum absolute atomic E-state index is 0.130. The van der Waals surface area contributed by atoms with E-state index in [1.165, 1.54) is 0 Å². The third kappa shape index (κ3) is 3.11. The second-order valence-corrected chi connectivity index (χ2v) is 7.76. The van der Waals surface area contributed by atoms with Crippen molar-refractivity contribution in [3.63, 3.8) is 0 Å². The summed E-state index contributed by atoms with van der Waals surface area (Å²) < 4.78 is 11.5. The van der Waals surface area contributed by atoms with Gasteiger partial charge in [0, 0.05) is 25.3 Å². The predicted octanol–water partition coefficient (Wildman–Crippen LogP) is 2.87. The van der Waals surface area contributed by atoms with Crippen molar-refractivity contribution in [1.82, 2.24) is 4.90 Å². The number of carbonyl (C=O) groups excluding carboxylic acids is 1. The van der Waals surface area contributed by atoms with E-state index >= 15 is 0 Å². The van der Waals surface area contributed by atoms with E-state index in [1.54, 1.807) is 12.1 Å². The Morgan fingerprint density at radius 3 is 2.76 bits per heavy atom. The number of carbonyl (C=O) groups is 1. The van der Waals surface area contributed by atoms with Gasteiger partial charge in [-0.05, 0) is 43.7 Å². The van der Waals surface area contributed by atoms with Gasteiger partial charge in [0.15, 0.2) is 0 Å². The number of nitrogens with zero attached hydrogens (tertiary/aromatic N) is 2. The molecule has 1 amide bonds. The first-order chi connectivity index (χ1) is 12.1. The summed E-state index contributed by atoms with van der Waals surface area (Å²) in [5.41, 5.74) is 1.24. The van der Waals surface area contributed by atoms with Gasteiger partial charge in [0.1, 0.15) is 12.4 Å². The first-order valence-corrected chi connectivity index (χ1v) is 9.15. The molecule has 0 radical (unpaired) electrons.